The zero-order chi connectivity index (χ0) is 6.97. The van der Waals surface area contributed by atoms with Crippen molar-refractivity contribution < 1.29 is 9.47 Å². The Morgan fingerprint density at radius 2 is 2.20 bits per heavy atom. The van der Waals surface area contributed by atoms with Crippen molar-refractivity contribution in [2.75, 3.05) is 13.2 Å². The second-order valence-electron chi connectivity index (χ2n) is 1.99. The Bertz CT molecular complexity index is 246. The topological polar surface area (TPSA) is 34.2 Å². The van der Waals surface area contributed by atoms with Crippen LogP contribution in [0.4, 0.5) is 0 Å². The molecular weight excluding hydrogens is 245 g/mol. The molecule has 1 aliphatic heterocycles. The molecule has 3 nitrogen and oxygen atoms in total. The Morgan fingerprint density at radius 3 is 3.00 bits per heavy atom. The van der Waals surface area contributed by atoms with Crippen molar-refractivity contribution in [1.29, 1.82) is 0 Å². The van der Waals surface area contributed by atoms with Gasteiger partial charge in [0.1, 0.15) is 16.9 Å². The molecule has 2 heterocycles. The van der Waals surface area contributed by atoms with Crippen LogP contribution in [0.15, 0.2) is 6.20 Å². The molecule has 0 aliphatic carbocycles. The summed E-state index contributed by atoms with van der Waals surface area (Å²) in [4.78, 5) is 3.02. The summed E-state index contributed by atoms with van der Waals surface area (Å²) < 4.78 is 11.6. The minimum absolute atomic E-state index is 0.654. The summed E-state index contributed by atoms with van der Waals surface area (Å²) >= 11 is 2.18. The van der Waals surface area contributed by atoms with E-state index in [2.05, 4.69) is 27.6 Å². The summed E-state index contributed by atoms with van der Waals surface area (Å²) in [5, 5.41) is 0. The molecule has 0 saturated carbocycles. The molecule has 2 rings (SSSR count). The Labute approximate surface area is 71.9 Å². The van der Waals surface area contributed by atoms with Gasteiger partial charge < -0.3 is 14.5 Å². The van der Waals surface area contributed by atoms with Crippen molar-refractivity contribution in [1.82, 2.24) is 4.98 Å². The van der Waals surface area contributed by atoms with Gasteiger partial charge in [-0.3, -0.25) is 0 Å². The van der Waals surface area contributed by atoms with E-state index < -0.39 is 0 Å². The van der Waals surface area contributed by atoms with Crippen LogP contribution in [0, 0.1) is 3.70 Å². The molecule has 54 valence electrons. The quantitative estimate of drug-likeness (QED) is 0.707. The van der Waals surface area contributed by atoms with Gasteiger partial charge in [-0.05, 0) is 22.6 Å². The van der Waals surface area contributed by atoms with Crippen LogP contribution in [-0.2, 0) is 0 Å². The summed E-state index contributed by atoms with van der Waals surface area (Å²) in [6, 6.07) is 0. The number of ether oxygens (including phenoxy) is 2. The lowest BCUT2D eigenvalue weighted by atomic mass is 10.5. The second kappa shape index (κ2) is 2.34. The van der Waals surface area contributed by atoms with Crippen LogP contribution in [0.25, 0.3) is 0 Å². The number of rotatable bonds is 0. The monoisotopic (exact) mass is 251 g/mol. The van der Waals surface area contributed by atoms with Gasteiger partial charge >= 0.3 is 0 Å². The molecule has 1 aromatic rings. The van der Waals surface area contributed by atoms with Gasteiger partial charge in [0.15, 0.2) is 11.5 Å². The third kappa shape index (κ3) is 0.865. The molecule has 0 fully saturated rings. The number of aromatic nitrogens is 1. The predicted molar refractivity (Wildman–Crippen MR) is 44.5 cm³/mol. The molecule has 0 aromatic carbocycles. The fourth-order valence-corrected chi connectivity index (χ4v) is 1.48. The third-order valence-corrected chi connectivity index (χ3v) is 2.14. The molecular formula is C6H6INO2. The number of nitrogens with one attached hydrogen (secondary N) is 1. The molecule has 1 aromatic heterocycles. The van der Waals surface area contributed by atoms with Crippen molar-refractivity contribution >= 4 is 22.6 Å². The van der Waals surface area contributed by atoms with Gasteiger partial charge in [-0.2, -0.15) is 0 Å². The van der Waals surface area contributed by atoms with Crippen molar-refractivity contribution in [3.63, 3.8) is 0 Å². The highest BCUT2D eigenvalue weighted by molar-refractivity contribution is 14.1. The zero-order valence-corrected chi connectivity index (χ0v) is 7.34. The minimum Gasteiger partial charge on any atom is -0.484 e. The molecule has 0 radical (unpaired) electrons. The Hall–Kier alpha value is -0.390. The maximum atomic E-state index is 5.33. The fraction of sp³-hybridized carbons (Fsp3) is 0.333. The number of aromatic amines is 1. The van der Waals surface area contributed by atoms with E-state index in [4.69, 9.17) is 9.47 Å². The van der Waals surface area contributed by atoms with E-state index >= 15 is 0 Å². The molecule has 0 saturated heterocycles. The van der Waals surface area contributed by atoms with Crippen LogP contribution in [0.1, 0.15) is 0 Å². The van der Waals surface area contributed by atoms with Gasteiger partial charge in [0.05, 0.1) is 0 Å². The zero-order valence-electron chi connectivity index (χ0n) is 5.19. The summed E-state index contributed by atoms with van der Waals surface area (Å²) in [6.07, 6.45) is 1.82. The largest absolute Gasteiger partial charge is 0.484 e. The third-order valence-electron chi connectivity index (χ3n) is 1.34. The number of hydrogen-bond donors (Lipinski definition) is 1. The first-order valence-electron chi connectivity index (χ1n) is 3.00. The van der Waals surface area contributed by atoms with Gasteiger partial charge in [-0.1, -0.05) is 0 Å². The van der Waals surface area contributed by atoms with Gasteiger partial charge in [0.2, 0.25) is 0 Å². The molecule has 1 N–H and O–H groups in total. The second-order valence-corrected chi connectivity index (χ2v) is 3.07. The van der Waals surface area contributed by atoms with E-state index in [1.807, 2.05) is 6.20 Å². The van der Waals surface area contributed by atoms with Crippen molar-refractivity contribution in [2.24, 2.45) is 0 Å². The van der Waals surface area contributed by atoms with Gasteiger partial charge in [0, 0.05) is 6.20 Å². The highest BCUT2D eigenvalue weighted by atomic mass is 127. The molecule has 0 spiro atoms. The predicted octanol–water partition coefficient (Wildman–Crippen LogP) is 1.39. The minimum atomic E-state index is 0.654. The molecule has 0 amide bonds. The highest BCUT2D eigenvalue weighted by Crippen LogP contribution is 2.33. The van der Waals surface area contributed by atoms with E-state index in [1.54, 1.807) is 0 Å². The number of hydrogen-bond acceptors (Lipinski definition) is 2. The lowest BCUT2D eigenvalue weighted by Gasteiger charge is -2.14. The highest BCUT2D eigenvalue weighted by Gasteiger charge is 2.15. The van der Waals surface area contributed by atoms with E-state index in [1.165, 1.54) is 0 Å². The van der Waals surface area contributed by atoms with Crippen molar-refractivity contribution in [3.05, 3.63) is 9.90 Å². The summed E-state index contributed by atoms with van der Waals surface area (Å²) in [7, 11) is 0. The smallest absolute Gasteiger partial charge is 0.192 e. The Balaban J connectivity index is 2.45. The first-order chi connectivity index (χ1) is 4.88. The average molecular weight is 251 g/mol. The standard InChI is InChI=1S/C6H6INO2/c7-6-5-4(3-8-6)9-1-2-10-5/h3,8H,1-2H2. The van der Waals surface area contributed by atoms with Crippen molar-refractivity contribution in [2.45, 2.75) is 0 Å². The SMILES string of the molecule is Ic1[nH]cc2c1OCCO2. The Morgan fingerprint density at radius 1 is 1.40 bits per heavy atom. The lowest BCUT2D eigenvalue weighted by molar-refractivity contribution is 0.172. The van der Waals surface area contributed by atoms with Crippen LogP contribution in [0.3, 0.4) is 0 Å². The summed E-state index contributed by atoms with van der Waals surface area (Å²) in [5.74, 6) is 1.68. The first kappa shape index (κ1) is 6.33. The van der Waals surface area contributed by atoms with Gasteiger partial charge in [0.25, 0.3) is 0 Å². The molecule has 0 atom stereocenters. The molecule has 10 heavy (non-hydrogen) atoms. The van der Waals surface area contributed by atoms with Crippen molar-refractivity contribution in [3.8, 4) is 11.5 Å². The molecule has 1 aliphatic rings. The summed E-state index contributed by atoms with van der Waals surface area (Å²) in [5.41, 5.74) is 0. The molecule has 4 heteroatoms. The van der Waals surface area contributed by atoms with Crippen LogP contribution in [0.5, 0.6) is 11.5 Å². The van der Waals surface area contributed by atoms with E-state index in [0.29, 0.717) is 13.2 Å². The summed E-state index contributed by atoms with van der Waals surface area (Å²) in [6.45, 7) is 1.31. The fourth-order valence-electron chi connectivity index (χ4n) is 0.905. The maximum absolute atomic E-state index is 5.33. The lowest BCUT2D eigenvalue weighted by Crippen LogP contribution is -2.14. The van der Waals surface area contributed by atoms with E-state index in [0.717, 1.165) is 15.2 Å². The van der Waals surface area contributed by atoms with Gasteiger partial charge in [-0.25, -0.2) is 0 Å². The number of halogens is 1. The first-order valence-corrected chi connectivity index (χ1v) is 4.08. The van der Waals surface area contributed by atoms with Crippen LogP contribution in [-0.4, -0.2) is 18.2 Å². The normalized spacial score (nSPS) is 15.3. The van der Waals surface area contributed by atoms with E-state index in [9.17, 15) is 0 Å². The van der Waals surface area contributed by atoms with Crippen LogP contribution < -0.4 is 9.47 Å². The molecule has 0 bridgehead atoms. The van der Waals surface area contributed by atoms with Gasteiger partial charge in [-0.15, -0.1) is 0 Å². The van der Waals surface area contributed by atoms with E-state index in [-0.39, 0.29) is 0 Å². The maximum Gasteiger partial charge on any atom is 0.192 e. The van der Waals surface area contributed by atoms with Crippen LogP contribution >= 0.6 is 22.6 Å². The number of fused-ring (bicyclic) bond motifs is 1. The Kier molecular flexibility index (Phi) is 1.48. The molecule has 0 unspecified atom stereocenters. The number of H-pyrrole nitrogens is 1. The average Bonchev–Trinajstić information content (AvgIpc) is 2.34. The van der Waals surface area contributed by atoms with Crippen LogP contribution in [0.2, 0.25) is 0 Å².